The maximum absolute atomic E-state index is 11.8. The minimum atomic E-state index is -0.0515. The molecule has 1 aromatic rings. The molecule has 1 aromatic heterocycles. The highest BCUT2D eigenvalue weighted by Gasteiger charge is 2.20. The molecular weight excluding hydrogens is 218 g/mol. The van der Waals surface area contributed by atoms with E-state index < -0.39 is 0 Å². The lowest BCUT2D eigenvalue weighted by Crippen LogP contribution is -2.46. The molecule has 17 heavy (non-hydrogen) atoms. The first-order valence-electron chi connectivity index (χ1n) is 6.24. The summed E-state index contributed by atoms with van der Waals surface area (Å²) in [5.74, 6) is 1.47. The second-order valence-corrected chi connectivity index (χ2v) is 4.29. The number of carbonyl (C=O) groups excluding carboxylic acids is 1. The van der Waals surface area contributed by atoms with Crippen molar-refractivity contribution in [3.63, 3.8) is 0 Å². The van der Waals surface area contributed by atoms with Crippen LogP contribution in [0.15, 0.2) is 10.6 Å². The smallest absolute Gasteiger partial charge is 0.237 e. The predicted molar refractivity (Wildman–Crippen MR) is 63.4 cm³/mol. The van der Waals surface area contributed by atoms with Crippen LogP contribution in [0.5, 0.6) is 0 Å². The fourth-order valence-electron chi connectivity index (χ4n) is 1.95. The van der Waals surface area contributed by atoms with Crippen molar-refractivity contribution in [2.24, 2.45) is 0 Å². The van der Waals surface area contributed by atoms with Gasteiger partial charge in [-0.2, -0.15) is 0 Å². The Bertz CT molecular complexity index is 370. The molecule has 1 aliphatic rings. The summed E-state index contributed by atoms with van der Waals surface area (Å²) in [6, 6.07) is -0.0515. The van der Waals surface area contributed by atoms with E-state index in [1.54, 1.807) is 6.20 Å². The van der Waals surface area contributed by atoms with Gasteiger partial charge in [0, 0.05) is 6.42 Å². The lowest BCUT2D eigenvalue weighted by molar-refractivity contribution is -0.123. The molecule has 0 saturated carbocycles. The quantitative estimate of drug-likeness (QED) is 0.819. The summed E-state index contributed by atoms with van der Waals surface area (Å²) < 4.78 is 5.42. The largest absolute Gasteiger partial charge is 0.444 e. The van der Waals surface area contributed by atoms with Crippen molar-refractivity contribution in [3.05, 3.63) is 17.8 Å². The Balaban J connectivity index is 1.78. The number of amides is 1. The van der Waals surface area contributed by atoms with Crippen LogP contribution in [0.25, 0.3) is 0 Å². The second-order valence-electron chi connectivity index (χ2n) is 4.29. The van der Waals surface area contributed by atoms with Gasteiger partial charge in [-0.3, -0.25) is 4.79 Å². The third kappa shape index (κ3) is 3.30. The molecule has 1 fully saturated rings. The normalized spacial score (nSPS) is 20.2. The van der Waals surface area contributed by atoms with E-state index in [9.17, 15) is 4.79 Å². The number of aryl methyl sites for hydroxylation is 1. The highest BCUT2D eigenvalue weighted by molar-refractivity contribution is 5.81. The average Bonchev–Trinajstić information content (AvgIpc) is 2.85. The molecule has 1 unspecified atom stereocenters. The first kappa shape index (κ1) is 12.1. The van der Waals surface area contributed by atoms with Gasteiger partial charge in [-0.15, -0.1) is 0 Å². The van der Waals surface area contributed by atoms with Crippen molar-refractivity contribution in [2.45, 2.75) is 45.2 Å². The minimum Gasteiger partial charge on any atom is -0.444 e. The van der Waals surface area contributed by atoms with Crippen LogP contribution in [-0.2, 0) is 17.8 Å². The molecule has 94 valence electrons. The van der Waals surface area contributed by atoms with Gasteiger partial charge in [0.05, 0.1) is 18.8 Å². The Morgan fingerprint density at radius 1 is 1.65 bits per heavy atom. The van der Waals surface area contributed by atoms with E-state index in [1.807, 2.05) is 6.92 Å². The van der Waals surface area contributed by atoms with Gasteiger partial charge >= 0.3 is 0 Å². The molecule has 0 spiro atoms. The summed E-state index contributed by atoms with van der Waals surface area (Å²) >= 11 is 0. The van der Waals surface area contributed by atoms with Crippen molar-refractivity contribution in [1.82, 2.24) is 15.6 Å². The van der Waals surface area contributed by atoms with Crippen LogP contribution < -0.4 is 10.6 Å². The Hall–Kier alpha value is -1.36. The van der Waals surface area contributed by atoms with Gasteiger partial charge in [-0.1, -0.05) is 13.3 Å². The number of nitrogens with one attached hydrogen (secondary N) is 2. The summed E-state index contributed by atoms with van der Waals surface area (Å²) in [5, 5.41) is 6.06. The van der Waals surface area contributed by atoms with Crippen LogP contribution in [0.1, 0.15) is 37.8 Å². The Morgan fingerprint density at radius 3 is 3.18 bits per heavy atom. The van der Waals surface area contributed by atoms with Crippen LogP contribution in [0.2, 0.25) is 0 Å². The lowest BCUT2D eigenvalue weighted by atomic mass is 10.0. The van der Waals surface area contributed by atoms with Crippen molar-refractivity contribution in [3.8, 4) is 0 Å². The maximum atomic E-state index is 11.8. The average molecular weight is 237 g/mol. The SMILES string of the molecule is CCc1cnc(CNC(=O)C2CCCCN2)o1. The van der Waals surface area contributed by atoms with Crippen molar-refractivity contribution >= 4 is 5.91 Å². The Kier molecular flexibility index (Phi) is 4.14. The molecule has 0 aliphatic carbocycles. The number of hydrogen-bond donors (Lipinski definition) is 2. The second kappa shape index (κ2) is 5.82. The predicted octanol–water partition coefficient (Wildman–Crippen LogP) is 0.995. The highest BCUT2D eigenvalue weighted by Crippen LogP contribution is 2.08. The molecule has 5 heteroatoms. The lowest BCUT2D eigenvalue weighted by Gasteiger charge is -2.22. The first-order valence-corrected chi connectivity index (χ1v) is 6.24. The number of hydrogen-bond acceptors (Lipinski definition) is 4. The maximum Gasteiger partial charge on any atom is 0.237 e. The molecule has 2 heterocycles. The fourth-order valence-corrected chi connectivity index (χ4v) is 1.95. The monoisotopic (exact) mass is 237 g/mol. The number of rotatable bonds is 4. The zero-order valence-electron chi connectivity index (χ0n) is 10.2. The molecule has 2 N–H and O–H groups in total. The molecule has 0 bridgehead atoms. The fraction of sp³-hybridized carbons (Fsp3) is 0.667. The molecule has 0 radical (unpaired) electrons. The van der Waals surface area contributed by atoms with E-state index in [4.69, 9.17) is 4.42 Å². The molecule has 1 saturated heterocycles. The van der Waals surface area contributed by atoms with Gasteiger partial charge < -0.3 is 15.1 Å². The number of carbonyl (C=O) groups is 1. The van der Waals surface area contributed by atoms with Crippen molar-refractivity contribution in [1.29, 1.82) is 0 Å². The van der Waals surface area contributed by atoms with Crippen molar-refractivity contribution < 1.29 is 9.21 Å². The van der Waals surface area contributed by atoms with Crippen LogP contribution >= 0.6 is 0 Å². The molecular formula is C12H19N3O2. The van der Waals surface area contributed by atoms with Crippen LogP contribution in [0, 0.1) is 0 Å². The third-order valence-electron chi connectivity index (χ3n) is 2.99. The van der Waals surface area contributed by atoms with Crippen LogP contribution in [-0.4, -0.2) is 23.5 Å². The molecule has 2 rings (SSSR count). The number of aromatic nitrogens is 1. The van der Waals surface area contributed by atoms with Crippen LogP contribution in [0.4, 0.5) is 0 Å². The summed E-state index contributed by atoms with van der Waals surface area (Å²) in [6.07, 6.45) is 5.72. The molecule has 5 nitrogen and oxygen atoms in total. The summed E-state index contributed by atoms with van der Waals surface area (Å²) in [5.41, 5.74) is 0. The highest BCUT2D eigenvalue weighted by atomic mass is 16.4. The van der Waals surface area contributed by atoms with Gasteiger partial charge in [0.2, 0.25) is 11.8 Å². The van der Waals surface area contributed by atoms with Gasteiger partial charge in [-0.25, -0.2) is 4.98 Å². The van der Waals surface area contributed by atoms with E-state index >= 15 is 0 Å². The zero-order valence-corrected chi connectivity index (χ0v) is 10.2. The molecule has 1 atom stereocenters. The van der Waals surface area contributed by atoms with Gasteiger partial charge in [0.1, 0.15) is 5.76 Å². The van der Waals surface area contributed by atoms with E-state index in [2.05, 4.69) is 15.6 Å². The first-order chi connectivity index (χ1) is 8.29. The van der Waals surface area contributed by atoms with E-state index in [-0.39, 0.29) is 11.9 Å². The standard InChI is InChI=1S/C12H19N3O2/c1-2-9-7-14-11(17-9)8-15-12(16)10-5-3-4-6-13-10/h7,10,13H,2-6,8H2,1H3,(H,15,16). The van der Waals surface area contributed by atoms with Gasteiger partial charge in [0.15, 0.2) is 0 Å². The summed E-state index contributed by atoms with van der Waals surface area (Å²) in [7, 11) is 0. The third-order valence-corrected chi connectivity index (χ3v) is 2.99. The number of oxazole rings is 1. The number of piperidine rings is 1. The Labute approximate surface area is 101 Å². The van der Waals surface area contributed by atoms with E-state index in [0.29, 0.717) is 12.4 Å². The molecule has 1 amide bonds. The van der Waals surface area contributed by atoms with E-state index in [1.165, 1.54) is 0 Å². The molecule has 0 aromatic carbocycles. The Morgan fingerprint density at radius 2 is 2.53 bits per heavy atom. The topological polar surface area (TPSA) is 67.2 Å². The number of nitrogens with zero attached hydrogens (tertiary/aromatic N) is 1. The summed E-state index contributed by atoms with van der Waals surface area (Å²) in [6.45, 7) is 3.31. The molecule has 1 aliphatic heterocycles. The van der Waals surface area contributed by atoms with Crippen LogP contribution in [0.3, 0.4) is 0 Å². The van der Waals surface area contributed by atoms with E-state index in [0.717, 1.165) is 38.0 Å². The zero-order chi connectivity index (χ0) is 12.1. The van der Waals surface area contributed by atoms with Gasteiger partial charge in [0.25, 0.3) is 0 Å². The van der Waals surface area contributed by atoms with Gasteiger partial charge in [-0.05, 0) is 19.4 Å². The summed E-state index contributed by atoms with van der Waals surface area (Å²) in [4.78, 5) is 15.9. The van der Waals surface area contributed by atoms with Crippen molar-refractivity contribution in [2.75, 3.05) is 6.54 Å². The minimum absolute atomic E-state index is 0.0425.